The molecule has 7 heteroatoms. The fourth-order valence-corrected chi connectivity index (χ4v) is 4.60. The van der Waals surface area contributed by atoms with E-state index >= 15 is 0 Å². The van der Waals surface area contributed by atoms with E-state index in [1.165, 1.54) is 18.3 Å². The van der Waals surface area contributed by atoms with Gasteiger partial charge in [0.15, 0.2) is 5.65 Å². The highest BCUT2D eigenvalue weighted by molar-refractivity contribution is 9.10. The average molecular weight is 445 g/mol. The number of aryl methyl sites for hydroxylation is 1. The van der Waals surface area contributed by atoms with Crippen molar-refractivity contribution in [3.8, 4) is 11.1 Å². The van der Waals surface area contributed by atoms with Gasteiger partial charge < -0.3 is 0 Å². The van der Waals surface area contributed by atoms with Crippen molar-refractivity contribution in [2.45, 2.75) is 11.8 Å². The molecule has 0 atom stereocenters. The molecule has 0 spiro atoms. The van der Waals surface area contributed by atoms with E-state index < -0.39 is 15.8 Å². The first-order chi connectivity index (χ1) is 12.9. The predicted molar refractivity (Wildman–Crippen MR) is 107 cm³/mol. The number of rotatable bonds is 3. The minimum Gasteiger partial charge on any atom is -0.236 e. The maximum atomic E-state index is 13.7. The van der Waals surface area contributed by atoms with Gasteiger partial charge in [-0.3, -0.25) is 0 Å². The third-order valence-electron chi connectivity index (χ3n) is 4.29. The summed E-state index contributed by atoms with van der Waals surface area (Å²) >= 11 is 3.37. The first-order valence-electron chi connectivity index (χ1n) is 8.11. The lowest BCUT2D eigenvalue weighted by Crippen LogP contribution is -2.12. The Balaban J connectivity index is 2.01. The minimum absolute atomic E-state index is 0.167. The minimum atomic E-state index is -3.85. The number of hydrogen-bond donors (Lipinski definition) is 0. The first-order valence-corrected chi connectivity index (χ1v) is 10.3. The molecule has 0 aliphatic rings. The monoisotopic (exact) mass is 444 g/mol. The Bertz CT molecular complexity index is 1270. The number of benzene rings is 2. The second kappa shape index (κ2) is 6.58. The van der Waals surface area contributed by atoms with Crippen LogP contribution in [0.3, 0.4) is 0 Å². The Morgan fingerprint density at radius 3 is 2.52 bits per heavy atom. The highest BCUT2D eigenvalue weighted by Crippen LogP contribution is 2.33. The number of pyridine rings is 1. The first kappa shape index (κ1) is 17.9. The Kier molecular flexibility index (Phi) is 4.36. The second-order valence-corrected chi connectivity index (χ2v) is 8.92. The van der Waals surface area contributed by atoms with Crippen LogP contribution < -0.4 is 0 Å². The van der Waals surface area contributed by atoms with E-state index in [-0.39, 0.29) is 10.5 Å². The molecule has 0 bridgehead atoms. The summed E-state index contributed by atoms with van der Waals surface area (Å²) < 4.78 is 42.0. The van der Waals surface area contributed by atoms with E-state index in [0.29, 0.717) is 21.0 Å². The molecule has 4 rings (SSSR count). The summed E-state index contributed by atoms with van der Waals surface area (Å²) in [4.78, 5) is 4.47. The molecule has 0 fully saturated rings. The Morgan fingerprint density at radius 2 is 1.81 bits per heavy atom. The van der Waals surface area contributed by atoms with Crippen molar-refractivity contribution in [3.05, 3.63) is 82.8 Å². The third-order valence-corrected chi connectivity index (χ3v) is 6.39. The molecule has 4 nitrogen and oxygen atoms in total. The summed E-state index contributed by atoms with van der Waals surface area (Å²) in [7, 11) is -3.85. The maximum Gasteiger partial charge on any atom is 0.269 e. The third kappa shape index (κ3) is 3.17. The van der Waals surface area contributed by atoms with Crippen LogP contribution in [-0.4, -0.2) is 17.4 Å². The van der Waals surface area contributed by atoms with Crippen LogP contribution in [0.2, 0.25) is 0 Å². The lowest BCUT2D eigenvalue weighted by molar-refractivity contribution is 0.589. The molecule has 0 unspecified atom stereocenters. The number of halogens is 2. The van der Waals surface area contributed by atoms with Crippen LogP contribution in [0.5, 0.6) is 0 Å². The largest absolute Gasteiger partial charge is 0.269 e. The fraction of sp³-hybridized carbons (Fsp3) is 0.0500. The molecule has 0 saturated heterocycles. The number of fused-ring (bicyclic) bond motifs is 1. The Morgan fingerprint density at radius 1 is 1.07 bits per heavy atom. The van der Waals surface area contributed by atoms with Gasteiger partial charge >= 0.3 is 0 Å². The summed E-state index contributed by atoms with van der Waals surface area (Å²) in [6.45, 7) is 1.89. The molecule has 136 valence electrons. The summed E-state index contributed by atoms with van der Waals surface area (Å²) in [5, 5.41) is 0.616. The van der Waals surface area contributed by atoms with E-state index in [2.05, 4.69) is 20.9 Å². The molecule has 0 aliphatic carbocycles. The zero-order valence-electron chi connectivity index (χ0n) is 14.2. The standard InChI is InChI=1S/C20H14BrFN2O2S/c1-13-5-7-17(8-6-13)27(25,26)24-12-19(14-3-2-4-16(22)9-14)18-10-15(21)11-23-20(18)24/h2-12H,1H3. The van der Waals surface area contributed by atoms with Crippen LogP contribution in [0.25, 0.3) is 22.2 Å². The quantitative estimate of drug-likeness (QED) is 0.438. The summed E-state index contributed by atoms with van der Waals surface area (Å²) in [6.07, 6.45) is 3.03. The van der Waals surface area contributed by atoms with Gasteiger partial charge in [0.2, 0.25) is 0 Å². The van der Waals surface area contributed by atoms with E-state index in [4.69, 9.17) is 0 Å². The second-order valence-electron chi connectivity index (χ2n) is 6.19. The fourth-order valence-electron chi connectivity index (χ4n) is 2.95. The van der Waals surface area contributed by atoms with Crippen LogP contribution in [0, 0.1) is 12.7 Å². The Labute approximate surface area is 164 Å². The van der Waals surface area contributed by atoms with Gasteiger partial charge in [-0.2, -0.15) is 0 Å². The van der Waals surface area contributed by atoms with E-state index in [0.717, 1.165) is 9.54 Å². The van der Waals surface area contributed by atoms with Gasteiger partial charge in [-0.25, -0.2) is 21.8 Å². The highest BCUT2D eigenvalue weighted by Gasteiger charge is 2.23. The molecular weight excluding hydrogens is 431 g/mol. The van der Waals surface area contributed by atoms with Gasteiger partial charge in [0.1, 0.15) is 5.82 Å². The molecule has 0 saturated carbocycles. The molecular formula is C20H14BrFN2O2S. The molecule has 2 aromatic carbocycles. The molecule has 27 heavy (non-hydrogen) atoms. The number of hydrogen-bond acceptors (Lipinski definition) is 3. The Hall–Kier alpha value is -2.51. The van der Waals surface area contributed by atoms with Crippen molar-refractivity contribution in [2.75, 3.05) is 0 Å². The molecule has 0 radical (unpaired) electrons. The van der Waals surface area contributed by atoms with Crippen LogP contribution in [0.4, 0.5) is 4.39 Å². The molecule has 0 amide bonds. The van der Waals surface area contributed by atoms with Crippen molar-refractivity contribution < 1.29 is 12.8 Å². The lowest BCUT2D eigenvalue weighted by Gasteiger charge is -2.07. The van der Waals surface area contributed by atoms with Gasteiger partial charge in [0.05, 0.1) is 4.90 Å². The van der Waals surface area contributed by atoms with E-state index in [9.17, 15) is 12.8 Å². The molecule has 2 aromatic heterocycles. The van der Waals surface area contributed by atoms with Crippen LogP contribution >= 0.6 is 15.9 Å². The molecule has 0 N–H and O–H groups in total. The van der Waals surface area contributed by atoms with Crippen molar-refractivity contribution in [2.24, 2.45) is 0 Å². The summed E-state index contributed by atoms with van der Waals surface area (Å²) in [6, 6.07) is 14.5. The lowest BCUT2D eigenvalue weighted by atomic mass is 10.1. The zero-order valence-corrected chi connectivity index (χ0v) is 16.6. The molecule has 2 heterocycles. The van der Waals surface area contributed by atoms with Crippen molar-refractivity contribution >= 4 is 37.0 Å². The zero-order chi connectivity index (χ0) is 19.2. The van der Waals surface area contributed by atoms with Crippen molar-refractivity contribution in [3.63, 3.8) is 0 Å². The van der Waals surface area contributed by atoms with Crippen LogP contribution in [-0.2, 0) is 10.0 Å². The molecule has 4 aromatic rings. The summed E-state index contributed by atoms with van der Waals surface area (Å²) in [5.74, 6) is -0.391. The highest BCUT2D eigenvalue weighted by atomic mass is 79.9. The molecule has 0 aliphatic heterocycles. The summed E-state index contributed by atoms with van der Waals surface area (Å²) in [5.41, 5.74) is 2.43. The van der Waals surface area contributed by atoms with E-state index in [1.54, 1.807) is 48.7 Å². The number of nitrogens with zero attached hydrogens (tertiary/aromatic N) is 2. The predicted octanol–water partition coefficient (Wildman–Crippen LogP) is 5.15. The van der Waals surface area contributed by atoms with Gasteiger partial charge in [0.25, 0.3) is 10.0 Å². The van der Waals surface area contributed by atoms with E-state index in [1.807, 2.05) is 6.92 Å². The van der Waals surface area contributed by atoms with Crippen LogP contribution in [0.15, 0.2) is 76.4 Å². The smallest absolute Gasteiger partial charge is 0.236 e. The van der Waals surface area contributed by atoms with Crippen molar-refractivity contribution in [1.29, 1.82) is 0 Å². The van der Waals surface area contributed by atoms with Crippen molar-refractivity contribution in [1.82, 2.24) is 8.96 Å². The SMILES string of the molecule is Cc1ccc(S(=O)(=O)n2cc(-c3cccc(F)c3)c3cc(Br)cnc32)cc1. The van der Waals surface area contributed by atoms with Gasteiger partial charge in [-0.15, -0.1) is 0 Å². The van der Waals surface area contributed by atoms with Gasteiger partial charge in [0, 0.05) is 27.8 Å². The normalized spacial score (nSPS) is 11.8. The van der Waals surface area contributed by atoms with Gasteiger partial charge in [-0.05, 0) is 58.7 Å². The van der Waals surface area contributed by atoms with Crippen LogP contribution in [0.1, 0.15) is 5.56 Å². The average Bonchev–Trinajstić information content (AvgIpc) is 3.01. The number of aromatic nitrogens is 2. The topological polar surface area (TPSA) is 52.0 Å². The maximum absolute atomic E-state index is 13.7. The van der Waals surface area contributed by atoms with Gasteiger partial charge in [-0.1, -0.05) is 29.8 Å².